The quantitative estimate of drug-likeness (QED) is 0.165. The second kappa shape index (κ2) is 15.1. The predicted octanol–water partition coefficient (Wildman–Crippen LogP) is 4.71. The minimum Gasteiger partial charge on any atom is -0.484 e. The van der Waals surface area contributed by atoms with Gasteiger partial charge in [0.25, 0.3) is 15.9 Å². The largest absolute Gasteiger partial charge is 0.484 e. The van der Waals surface area contributed by atoms with E-state index < -0.39 is 45.5 Å². The van der Waals surface area contributed by atoms with E-state index in [0.717, 1.165) is 3.97 Å². The van der Waals surface area contributed by atoms with Gasteiger partial charge in [0.05, 0.1) is 38.2 Å². The second-order valence-corrected chi connectivity index (χ2v) is 14.0. The summed E-state index contributed by atoms with van der Waals surface area (Å²) in [6.45, 7) is 3.23. The van der Waals surface area contributed by atoms with Gasteiger partial charge in [-0.15, -0.1) is 0 Å². The standard InChI is InChI=1S/C31H33F3N4O8S2/c1-19(2)22-15-21(45-16-28(39)36-13-6-9-29(40)41)10-11-27(22)48(43,44)38-25-8-5-4-7-23(25)37-30(38)47(42)17-24-20(3)26(12-14-35-24)46-18-31(32,33)34/h4-5,7-8,10-12,14-15,19H,6,9,13,16-18H2,1-3H3,(H,36,39)(H,40,41). The van der Waals surface area contributed by atoms with Gasteiger partial charge < -0.3 is 19.9 Å². The molecule has 48 heavy (non-hydrogen) atoms. The Hall–Kier alpha value is -4.51. The molecule has 0 aliphatic rings. The summed E-state index contributed by atoms with van der Waals surface area (Å²) in [5.41, 5.74) is 1.10. The van der Waals surface area contributed by atoms with Crippen molar-refractivity contribution in [1.82, 2.24) is 19.3 Å². The molecule has 0 aliphatic carbocycles. The maximum atomic E-state index is 14.4. The minimum atomic E-state index is -4.57. The van der Waals surface area contributed by atoms with Gasteiger partial charge in [-0.3, -0.25) is 18.8 Å². The summed E-state index contributed by atoms with van der Waals surface area (Å²) in [4.78, 5) is 31.2. The van der Waals surface area contributed by atoms with Crippen LogP contribution >= 0.6 is 0 Å². The molecule has 1 atom stereocenters. The number of carbonyl (C=O) groups excluding carboxylic acids is 1. The summed E-state index contributed by atoms with van der Waals surface area (Å²) in [5.74, 6) is -2.06. The molecule has 0 fully saturated rings. The van der Waals surface area contributed by atoms with Gasteiger partial charge in [0.15, 0.2) is 13.2 Å². The van der Waals surface area contributed by atoms with Gasteiger partial charge in [0.1, 0.15) is 11.5 Å². The SMILES string of the molecule is Cc1c(OCC(F)(F)F)ccnc1CS(=O)c1nc2ccccc2n1S(=O)(=O)c1ccc(OCC(=O)NCCCC(=O)O)cc1C(C)C. The van der Waals surface area contributed by atoms with Crippen molar-refractivity contribution in [3.63, 3.8) is 0 Å². The van der Waals surface area contributed by atoms with Crippen LogP contribution in [0.4, 0.5) is 13.2 Å². The number of carboxylic acids is 1. The molecule has 2 aromatic carbocycles. The smallest absolute Gasteiger partial charge is 0.422 e. The number of nitrogens with one attached hydrogen (secondary N) is 1. The molecule has 2 N–H and O–H groups in total. The van der Waals surface area contributed by atoms with Crippen molar-refractivity contribution in [2.24, 2.45) is 0 Å². The molecule has 0 saturated carbocycles. The summed E-state index contributed by atoms with van der Waals surface area (Å²) >= 11 is 0. The molecule has 4 rings (SSSR count). The lowest BCUT2D eigenvalue weighted by Gasteiger charge is -2.18. The van der Waals surface area contributed by atoms with Crippen molar-refractivity contribution in [2.75, 3.05) is 19.8 Å². The number of halogens is 3. The monoisotopic (exact) mass is 710 g/mol. The number of hydrogen-bond donors (Lipinski definition) is 2. The van der Waals surface area contributed by atoms with Crippen LogP contribution in [-0.2, 0) is 36.2 Å². The number of hydrogen-bond acceptors (Lipinski definition) is 9. The molecule has 2 heterocycles. The van der Waals surface area contributed by atoms with Crippen LogP contribution < -0.4 is 14.8 Å². The molecule has 1 amide bonds. The summed E-state index contributed by atoms with van der Waals surface area (Å²) in [7, 11) is -6.62. The van der Waals surface area contributed by atoms with Gasteiger partial charge >= 0.3 is 12.1 Å². The maximum Gasteiger partial charge on any atom is 0.422 e. The Kier molecular flexibility index (Phi) is 11.5. The first-order valence-corrected chi connectivity index (χ1v) is 17.3. The fourth-order valence-corrected chi connectivity index (χ4v) is 8.02. The molecule has 17 heteroatoms. The van der Waals surface area contributed by atoms with Crippen molar-refractivity contribution in [3.05, 3.63) is 71.5 Å². The second-order valence-electron chi connectivity index (χ2n) is 10.9. The van der Waals surface area contributed by atoms with E-state index in [2.05, 4.69) is 15.3 Å². The van der Waals surface area contributed by atoms with E-state index in [1.54, 1.807) is 32.0 Å². The van der Waals surface area contributed by atoms with Gasteiger partial charge in [-0.05, 0) is 61.2 Å². The molecule has 1 unspecified atom stereocenters. The van der Waals surface area contributed by atoms with Gasteiger partial charge in [0.2, 0.25) is 5.16 Å². The van der Waals surface area contributed by atoms with E-state index >= 15 is 0 Å². The zero-order chi connectivity index (χ0) is 35.2. The Morgan fingerprint density at radius 1 is 1.10 bits per heavy atom. The molecular weight excluding hydrogens is 677 g/mol. The van der Waals surface area contributed by atoms with Crippen LogP contribution in [0.1, 0.15) is 49.4 Å². The lowest BCUT2D eigenvalue weighted by atomic mass is 10.0. The van der Waals surface area contributed by atoms with Crippen LogP contribution in [-0.4, -0.2) is 69.5 Å². The Morgan fingerprint density at radius 2 is 1.83 bits per heavy atom. The van der Waals surface area contributed by atoms with E-state index in [1.165, 1.54) is 43.5 Å². The number of aliphatic carboxylic acids is 1. The predicted molar refractivity (Wildman–Crippen MR) is 169 cm³/mol. The first-order valence-electron chi connectivity index (χ1n) is 14.6. The molecule has 12 nitrogen and oxygen atoms in total. The third-order valence-corrected chi connectivity index (χ3v) is 10.1. The summed E-state index contributed by atoms with van der Waals surface area (Å²) in [5, 5.41) is 11.0. The Bertz CT molecular complexity index is 1950. The zero-order valence-corrected chi connectivity index (χ0v) is 27.7. The number of benzene rings is 2. The molecule has 0 aliphatic heterocycles. The summed E-state index contributed by atoms with van der Waals surface area (Å²) < 4.78 is 92.2. The number of para-hydroxylation sites is 2. The normalized spacial score (nSPS) is 12.6. The Morgan fingerprint density at radius 3 is 2.52 bits per heavy atom. The maximum absolute atomic E-state index is 14.4. The van der Waals surface area contributed by atoms with Gasteiger partial charge in [-0.2, -0.15) is 13.2 Å². The van der Waals surface area contributed by atoms with Gasteiger partial charge in [-0.1, -0.05) is 26.0 Å². The molecule has 4 aromatic rings. The number of pyridine rings is 1. The van der Waals surface area contributed by atoms with Crippen LogP contribution in [0, 0.1) is 6.92 Å². The number of aromatic nitrogens is 3. The average Bonchev–Trinajstić information content (AvgIpc) is 3.43. The lowest BCUT2D eigenvalue weighted by Crippen LogP contribution is -2.30. The van der Waals surface area contributed by atoms with E-state index in [1.807, 2.05) is 0 Å². The fourth-order valence-electron chi connectivity index (χ4n) is 4.63. The zero-order valence-electron chi connectivity index (χ0n) is 26.1. The Labute approximate surface area is 276 Å². The van der Waals surface area contributed by atoms with Crippen molar-refractivity contribution in [3.8, 4) is 11.5 Å². The Balaban J connectivity index is 1.65. The van der Waals surface area contributed by atoms with Crippen molar-refractivity contribution >= 4 is 43.7 Å². The van der Waals surface area contributed by atoms with E-state index in [4.69, 9.17) is 14.6 Å². The molecule has 0 radical (unpaired) electrons. The van der Waals surface area contributed by atoms with E-state index in [-0.39, 0.29) is 81.5 Å². The molecule has 0 spiro atoms. The summed E-state index contributed by atoms with van der Waals surface area (Å²) in [6.07, 6.45) is -3.21. The third kappa shape index (κ3) is 8.89. The minimum absolute atomic E-state index is 0.0969. The van der Waals surface area contributed by atoms with Crippen LogP contribution in [0.15, 0.2) is 64.8 Å². The number of carbonyl (C=O) groups is 2. The fraction of sp³-hybridized carbons (Fsp3) is 0.355. The average molecular weight is 711 g/mol. The van der Waals surface area contributed by atoms with Gasteiger partial charge in [-0.25, -0.2) is 17.4 Å². The highest BCUT2D eigenvalue weighted by Gasteiger charge is 2.31. The number of rotatable bonds is 15. The number of nitrogens with zero attached hydrogens (tertiary/aromatic N) is 3. The molecule has 2 aromatic heterocycles. The van der Waals surface area contributed by atoms with Crippen molar-refractivity contribution in [1.29, 1.82) is 0 Å². The third-order valence-electron chi connectivity index (χ3n) is 6.99. The van der Waals surface area contributed by atoms with E-state index in [9.17, 15) is 35.4 Å². The van der Waals surface area contributed by atoms with Crippen LogP contribution in [0.5, 0.6) is 11.5 Å². The highest BCUT2D eigenvalue weighted by atomic mass is 32.2. The number of alkyl halides is 3. The number of imidazole rings is 1. The first-order chi connectivity index (χ1) is 22.6. The molecule has 0 saturated heterocycles. The lowest BCUT2D eigenvalue weighted by molar-refractivity contribution is -0.153. The first kappa shape index (κ1) is 36.3. The number of fused-ring (bicyclic) bond motifs is 1. The topological polar surface area (TPSA) is 167 Å². The van der Waals surface area contributed by atoms with Crippen molar-refractivity contribution < 1.29 is 50.0 Å². The van der Waals surface area contributed by atoms with Crippen molar-refractivity contribution in [2.45, 2.75) is 61.5 Å². The van der Waals surface area contributed by atoms with Crippen LogP contribution in [0.25, 0.3) is 11.0 Å². The number of ether oxygens (including phenoxy) is 2. The molecular formula is C31H33F3N4O8S2. The van der Waals surface area contributed by atoms with Crippen LogP contribution in [0.3, 0.4) is 0 Å². The highest BCUT2D eigenvalue weighted by Crippen LogP contribution is 2.33. The number of carboxylic acid groups (broad SMARTS) is 1. The number of amides is 1. The van der Waals surface area contributed by atoms with Gasteiger partial charge in [0, 0.05) is 24.7 Å². The van der Waals surface area contributed by atoms with E-state index in [0.29, 0.717) is 5.56 Å². The van der Waals surface area contributed by atoms with Crippen LogP contribution in [0.2, 0.25) is 0 Å². The molecule has 0 bridgehead atoms. The molecule has 258 valence electrons. The highest BCUT2D eigenvalue weighted by molar-refractivity contribution is 7.91. The summed E-state index contributed by atoms with van der Waals surface area (Å²) in [6, 6.07) is 11.8.